The zero-order valence-corrected chi connectivity index (χ0v) is 17.3. The Bertz CT molecular complexity index is 940. The van der Waals surface area contributed by atoms with Gasteiger partial charge >= 0.3 is 0 Å². The first-order valence-corrected chi connectivity index (χ1v) is 10.3. The molecule has 0 aromatic heterocycles. The number of nitrogens with one attached hydrogen (secondary N) is 1. The summed E-state index contributed by atoms with van der Waals surface area (Å²) in [6, 6.07) is 3.57. The summed E-state index contributed by atoms with van der Waals surface area (Å²) in [4.78, 5) is 12.2. The van der Waals surface area contributed by atoms with Crippen molar-refractivity contribution in [2.75, 3.05) is 26.4 Å². The number of hydrogen-bond donors (Lipinski definition) is 4. The van der Waals surface area contributed by atoms with Gasteiger partial charge in [-0.3, -0.25) is 4.79 Å². The predicted octanol–water partition coefficient (Wildman–Crippen LogP) is 1.17. The highest BCUT2D eigenvalue weighted by atomic mass is 19.1. The van der Waals surface area contributed by atoms with Crippen molar-refractivity contribution in [1.82, 2.24) is 5.32 Å². The zero-order valence-electron chi connectivity index (χ0n) is 17.3. The van der Waals surface area contributed by atoms with Crippen molar-refractivity contribution in [2.24, 2.45) is 23.3 Å². The van der Waals surface area contributed by atoms with Gasteiger partial charge in [-0.2, -0.15) is 0 Å². The molecule has 3 aliphatic carbocycles. The summed E-state index contributed by atoms with van der Waals surface area (Å²) in [5.74, 6) is -1.50. The summed E-state index contributed by atoms with van der Waals surface area (Å²) in [5.41, 5.74) is 11.3. The number of nitrogens with two attached hydrogens (primary N) is 2. The molecule has 7 nitrogen and oxygen atoms in total. The molecule has 31 heavy (non-hydrogen) atoms. The van der Waals surface area contributed by atoms with E-state index in [1.165, 1.54) is 12.1 Å². The Hall–Kier alpha value is -2.49. The third-order valence-electron chi connectivity index (χ3n) is 6.69. The molecular weight excluding hydrogens is 408 g/mol. The van der Waals surface area contributed by atoms with Crippen LogP contribution in [0, 0.1) is 23.5 Å². The Kier molecular flexibility index (Phi) is 5.53. The molecule has 6 N–H and O–H groups in total. The minimum atomic E-state index is -1.02. The average molecular weight is 435 g/mol. The largest absolute Gasteiger partial charge is 0.399 e. The monoisotopic (exact) mass is 435 g/mol. The summed E-state index contributed by atoms with van der Waals surface area (Å²) in [6.45, 7) is 2.25. The highest BCUT2D eigenvalue weighted by molar-refractivity contribution is 5.77. The molecule has 1 aromatic rings. The molecule has 2 unspecified atom stereocenters. The van der Waals surface area contributed by atoms with Crippen LogP contribution in [0.25, 0.3) is 5.70 Å². The number of halogens is 2. The number of amides is 1. The second-order valence-corrected chi connectivity index (χ2v) is 8.76. The van der Waals surface area contributed by atoms with Gasteiger partial charge in [-0.15, -0.1) is 0 Å². The molecule has 3 atom stereocenters. The molecule has 9 heteroatoms. The fraction of sp³-hybridized carbons (Fsp3) is 0.500. The van der Waals surface area contributed by atoms with E-state index in [9.17, 15) is 18.7 Å². The Morgan fingerprint density at radius 1 is 1.39 bits per heavy atom. The molecular formula is C22H27F2N3O4. The van der Waals surface area contributed by atoms with Gasteiger partial charge in [-0.25, -0.2) is 8.78 Å². The van der Waals surface area contributed by atoms with Crippen LogP contribution in [0.4, 0.5) is 8.78 Å². The lowest BCUT2D eigenvalue weighted by Crippen LogP contribution is -2.62. The van der Waals surface area contributed by atoms with E-state index in [4.69, 9.17) is 20.9 Å². The number of hydrogen-bond acceptors (Lipinski definition) is 6. The van der Waals surface area contributed by atoms with Gasteiger partial charge in [0.2, 0.25) is 5.91 Å². The van der Waals surface area contributed by atoms with E-state index in [-0.39, 0.29) is 55.4 Å². The number of carbonyl (C=O) groups is 1. The van der Waals surface area contributed by atoms with Crippen molar-refractivity contribution in [3.05, 3.63) is 52.7 Å². The van der Waals surface area contributed by atoms with Crippen LogP contribution in [0.15, 0.2) is 35.5 Å². The quantitative estimate of drug-likeness (QED) is 0.510. The predicted molar refractivity (Wildman–Crippen MR) is 109 cm³/mol. The Morgan fingerprint density at radius 2 is 2.06 bits per heavy atom. The van der Waals surface area contributed by atoms with E-state index in [1.54, 1.807) is 0 Å². The van der Waals surface area contributed by atoms with E-state index in [2.05, 4.69) is 5.32 Å². The second kappa shape index (κ2) is 7.89. The van der Waals surface area contributed by atoms with Crippen LogP contribution in [-0.4, -0.2) is 48.6 Å². The fourth-order valence-electron chi connectivity index (χ4n) is 4.63. The van der Waals surface area contributed by atoms with Gasteiger partial charge in [0.05, 0.1) is 25.3 Å². The van der Waals surface area contributed by atoms with Gasteiger partial charge in [0, 0.05) is 11.4 Å². The topological polar surface area (TPSA) is 120 Å². The first kappa shape index (κ1) is 21.7. The fourth-order valence-corrected chi connectivity index (χ4v) is 4.63. The number of ether oxygens (including phenoxy) is 2. The van der Waals surface area contributed by atoms with Crippen LogP contribution in [0.2, 0.25) is 0 Å². The molecule has 0 spiro atoms. The lowest BCUT2D eigenvalue weighted by molar-refractivity contribution is -0.180. The number of carbonyl (C=O) groups excluding carboxylic acids is 1. The van der Waals surface area contributed by atoms with Crippen molar-refractivity contribution < 1.29 is 28.2 Å². The van der Waals surface area contributed by atoms with E-state index in [0.717, 1.165) is 12.1 Å². The zero-order chi connectivity index (χ0) is 22.4. The Morgan fingerprint density at radius 3 is 2.65 bits per heavy atom. The van der Waals surface area contributed by atoms with E-state index in [0.29, 0.717) is 24.1 Å². The summed E-state index contributed by atoms with van der Waals surface area (Å²) >= 11 is 0. The number of allylic oxidation sites excluding steroid dienone is 2. The van der Waals surface area contributed by atoms with Crippen molar-refractivity contribution in [3.63, 3.8) is 0 Å². The van der Waals surface area contributed by atoms with Crippen LogP contribution >= 0.6 is 0 Å². The third-order valence-corrected chi connectivity index (χ3v) is 6.69. The Balaban J connectivity index is 1.49. The minimum Gasteiger partial charge on any atom is -0.399 e. The van der Waals surface area contributed by atoms with Crippen molar-refractivity contribution >= 4 is 11.6 Å². The molecule has 1 amide bonds. The minimum absolute atomic E-state index is 0.0497. The molecule has 2 fully saturated rings. The number of benzene rings is 1. The van der Waals surface area contributed by atoms with Crippen molar-refractivity contribution in [3.8, 4) is 0 Å². The lowest BCUT2D eigenvalue weighted by Gasteiger charge is -2.57. The molecule has 5 rings (SSSR count). The number of fused-ring (bicyclic) bond motifs is 1. The standard InChI is InChI=1S/C22H27F2N3O4/c1-12-14-5-13(6-17(25)19-15(23)3-2-4-16(19)24)20(26)22(12,7-14)31-8-18(28)27-9-21(29)10-30-11-21/h2-4,6,12,14,29H,5,7-11,25-26H2,1H3,(H,27,28)/b17-6-/t12?,14?,22-/m1/s1. The van der Waals surface area contributed by atoms with Crippen molar-refractivity contribution in [2.45, 2.75) is 31.0 Å². The molecule has 0 radical (unpaired) electrons. The smallest absolute Gasteiger partial charge is 0.246 e. The van der Waals surface area contributed by atoms with Crippen LogP contribution in [-0.2, 0) is 14.3 Å². The first-order chi connectivity index (χ1) is 14.7. The van der Waals surface area contributed by atoms with Gasteiger partial charge in [0.1, 0.15) is 29.4 Å². The van der Waals surface area contributed by atoms with Crippen LogP contribution in [0.5, 0.6) is 0 Å². The summed E-state index contributed by atoms with van der Waals surface area (Å²) in [7, 11) is 0. The molecule has 1 aliphatic heterocycles. The Labute approximate surface area is 179 Å². The summed E-state index contributed by atoms with van der Waals surface area (Å²) in [6.07, 6.45) is 2.78. The maximum absolute atomic E-state index is 14.1. The maximum atomic E-state index is 14.1. The normalized spacial score (nSPS) is 29.2. The molecule has 1 saturated heterocycles. The summed E-state index contributed by atoms with van der Waals surface area (Å²) < 4.78 is 39.1. The lowest BCUT2D eigenvalue weighted by atomic mass is 9.54. The van der Waals surface area contributed by atoms with Gasteiger partial charge in [0.15, 0.2) is 0 Å². The average Bonchev–Trinajstić information content (AvgIpc) is 2.70. The van der Waals surface area contributed by atoms with E-state index in [1.807, 2.05) is 6.92 Å². The number of aliphatic hydroxyl groups is 1. The maximum Gasteiger partial charge on any atom is 0.246 e. The highest BCUT2D eigenvalue weighted by Gasteiger charge is 2.58. The molecule has 168 valence electrons. The molecule has 1 aromatic carbocycles. The second-order valence-electron chi connectivity index (χ2n) is 8.76. The van der Waals surface area contributed by atoms with E-state index < -0.39 is 22.8 Å². The molecule has 4 aliphatic rings. The summed E-state index contributed by atoms with van der Waals surface area (Å²) in [5, 5.41) is 12.6. The van der Waals surface area contributed by atoms with E-state index >= 15 is 0 Å². The highest BCUT2D eigenvalue weighted by Crippen LogP contribution is 2.57. The molecule has 2 bridgehead atoms. The van der Waals surface area contributed by atoms with Crippen molar-refractivity contribution in [1.29, 1.82) is 0 Å². The van der Waals surface area contributed by atoms with Crippen LogP contribution in [0.3, 0.4) is 0 Å². The van der Waals surface area contributed by atoms with Gasteiger partial charge < -0.3 is 31.4 Å². The molecule has 1 heterocycles. The first-order valence-electron chi connectivity index (χ1n) is 10.3. The van der Waals surface area contributed by atoms with Gasteiger partial charge in [0.25, 0.3) is 0 Å². The van der Waals surface area contributed by atoms with Crippen LogP contribution < -0.4 is 16.8 Å². The van der Waals surface area contributed by atoms with Crippen LogP contribution in [0.1, 0.15) is 25.3 Å². The SMILES string of the molecule is CC1C2CC(/C=C(\N)c3c(F)cccc3F)=C(N)[C@@]1(OCC(=O)NCC1(O)COC1)C2. The third kappa shape index (κ3) is 3.81. The molecule has 1 saturated carbocycles. The van der Waals surface area contributed by atoms with Gasteiger partial charge in [-0.1, -0.05) is 13.0 Å². The van der Waals surface area contributed by atoms with Gasteiger partial charge in [-0.05, 0) is 48.5 Å². The number of rotatable bonds is 7.